The van der Waals surface area contributed by atoms with Gasteiger partial charge in [0, 0.05) is 24.7 Å². The first kappa shape index (κ1) is 15.6. The van der Waals surface area contributed by atoms with Gasteiger partial charge in [0.2, 0.25) is 0 Å². The van der Waals surface area contributed by atoms with Crippen LogP contribution in [0.4, 0.5) is 18.0 Å². The lowest BCUT2D eigenvalue weighted by atomic mass is 9.84. The molecular weight excluding hydrogens is 309 g/mol. The van der Waals surface area contributed by atoms with Crippen molar-refractivity contribution in [1.29, 1.82) is 0 Å². The van der Waals surface area contributed by atoms with Gasteiger partial charge in [0.25, 0.3) is 0 Å². The molecule has 0 saturated carbocycles. The Morgan fingerprint density at radius 3 is 2.65 bits per heavy atom. The van der Waals surface area contributed by atoms with Crippen LogP contribution in [0, 0.1) is 0 Å². The largest absolute Gasteiger partial charge is 0.416 e. The number of carbonyl (C=O) groups is 2. The van der Waals surface area contributed by atoms with Crippen LogP contribution < -0.4 is 5.32 Å². The summed E-state index contributed by atoms with van der Waals surface area (Å²) in [7, 11) is 1.56. The zero-order chi connectivity index (χ0) is 16.8. The maximum Gasteiger partial charge on any atom is 0.416 e. The van der Waals surface area contributed by atoms with Crippen LogP contribution in [-0.2, 0) is 11.0 Å². The third-order valence-corrected chi connectivity index (χ3v) is 4.24. The van der Waals surface area contributed by atoms with Crippen LogP contribution >= 0.6 is 0 Å². The molecule has 0 saturated heterocycles. The topological polar surface area (TPSA) is 49.4 Å². The molecule has 7 heteroatoms. The molecule has 1 atom stereocenters. The summed E-state index contributed by atoms with van der Waals surface area (Å²) < 4.78 is 38.7. The van der Waals surface area contributed by atoms with Gasteiger partial charge in [-0.25, -0.2) is 4.79 Å². The summed E-state index contributed by atoms with van der Waals surface area (Å²) >= 11 is 0. The SMILES string of the molecule is CN1C(=O)NC(c2cccc(C(F)(F)F)c2)C2=C1CCCC2=O. The average molecular weight is 324 g/mol. The Bertz CT molecular complexity index is 710. The lowest BCUT2D eigenvalue weighted by molar-refractivity contribution is -0.137. The zero-order valence-corrected chi connectivity index (χ0v) is 12.4. The number of amides is 2. The molecule has 1 aliphatic heterocycles. The first-order valence-electron chi connectivity index (χ1n) is 7.26. The molecule has 3 rings (SSSR count). The molecule has 0 bridgehead atoms. The van der Waals surface area contributed by atoms with E-state index in [4.69, 9.17) is 0 Å². The van der Waals surface area contributed by atoms with Gasteiger partial charge < -0.3 is 10.2 Å². The highest BCUT2D eigenvalue weighted by Crippen LogP contribution is 2.38. The van der Waals surface area contributed by atoms with Crippen molar-refractivity contribution in [2.75, 3.05) is 7.05 Å². The molecule has 1 aromatic carbocycles. The number of halogens is 3. The highest BCUT2D eigenvalue weighted by Gasteiger charge is 2.38. The van der Waals surface area contributed by atoms with Gasteiger partial charge in [-0.15, -0.1) is 0 Å². The highest BCUT2D eigenvalue weighted by molar-refractivity contribution is 6.00. The monoisotopic (exact) mass is 324 g/mol. The predicted molar refractivity (Wildman–Crippen MR) is 76.4 cm³/mol. The molecule has 2 amide bonds. The van der Waals surface area contributed by atoms with Crippen molar-refractivity contribution >= 4 is 11.8 Å². The molecule has 1 aromatic rings. The second-order valence-corrected chi connectivity index (χ2v) is 5.70. The number of allylic oxidation sites excluding steroid dienone is 1. The van der Waals surface area contributed by atoms with E-state index in [9.17, 15) is 22.8 Å². The summed E-state index contributed by atoms with van der Waals surface area (Å²) in [6.07, 6.45) is -2.91. The smallest absolute Gasteiger partial charge is 0.327 e. The molecule has 0 spiro atoms. The standard InChI is InChI=1S/C16H15F3N2O2/c1-21-11-6-3-7-12(22)13(11)14(20-15(21)23)9-4-2-5-10(8-9)16(17,18)19/h2,4-5,8,14H,3,6-7H2,1H3,(H,20,23). The van der Waals surface area contributed by atoms with Crippen molar-refractivity contribution in [1.82, 2.24) is 10.2 Å². The van der Waals surface area contributed by atoms with E-state index in [1.165, 1.54) is 17.0 Å². The Labute approximate surface area is 131 Å². The molecular formula is C16H15F3N2O2. The summed E-state index contributed by atoms with van der Waals surface area (Å²) in [6, 6.07) is 3.50. The normalized spacial score (nSPS) is 22.1. The number of alkyl halides is 3. The van der Waals surface area contributed by atoms with Crippen LogP contribution in [0.5, 0.6) is 0 Å². The number of nitrogens with one attached hydrogen (secondary N) is 1. The third kappa shape index (κ3) is 2.71. The Kier molecular flexibility index (Phi) is 3.66. The van der Waals surface area contributed by atoms with Gasteiger partial charge in [0.05, 0.1) is 11.6 Å². The molecule has 4 nitrogen and oxygen atoms in total. The van der Waals surface area contributed by atoms with E-state index >= 15 is 0 Å². The first-order chi connectivity index (χ1) is 10.8. The number of nitrogens with zero attached hydrogens (tertiary/aromatic N) is 1. The van der Waals surface area contributed by atoms with Gasteiger partial charge in [-0.05, 0) is 30.5 Å². The minimum absolute atomic E-state index is 0.125. The van der Waals surface area contributed by atoms with E-state index < -0.39 is 23.8 Å². The van der Waals surface area contributed by atoms with Crippen molar-refractivity contribution in [3.8, 4) is 0 Å². The van der Waals surface area contributed by atoms with Crippen LogP contribution in [-0.4, -0.2) is 23.8 Å². The number of ketones is 1. The molecule has 0 aromatic heterocycles. The van der Waals surface area contributed by atoms with Crippen LogP contribution in [0.2, 0.25) is 0 Å². The summed E-state index contributed by atoms with van der Waals surface area (Å²) in [4.78, 5) is 25.7. The minimum atomic E-state index is -4.47. The van der Waals surface area contributed by atoms with E-state index in [-0.39, 0.29) is 11.3 Å². The molecule has 23 heavy (non-hydrogen) atoms. The summed E-state index contributed by atoms with van der Waals surface area (Å²) in [5.74, 6) is -0.125. The number of carbonyl (C=O) groups excluding carboxylic acids is 2. The molecule has 1 unspecified atom stereocenters. The summed E-state index contributed by atoms with van der Waals surface area (Å²) in [6.45, 7) is 0. The Balaban J connectivity index is 2.10. The molecule has 1 aliphatic carbocycles. The van der Waals surface area contributed by atoms with E-state index in [0.717, 1.165) is 12.1 Å². The maximum atomic E-state index is 12.9. The third-order valence-electron chi connectivity index (χ3n) is 4.24. The zero-order valence-electron chi connectivity index (χ0n) is 12.4. The van der Waals surface area contributed by atoms with Gasteiger partial charge in [0.15, 0.2) is 5.78 Å². The molecule has 2 aliphatic rings. The van der Waals surface area contributed by atoms with E-state index in [2.05, 4.69) is 5.32 Å². The second kappa shape index (κ2) is 5.40. The van der Waals surface area contributed by atoms with Gasteiger partial charge in [-0.3, -0.25) is 4.79 Å². The van der Waals surface area contributed by atoms with E-state index in [1.54, 1.807) is 7.05 Å². The Hall–Kier alpha value is -2.31. The number of hydrogen-bond donors (Lipinski definition) is 1. The average Bonchev–Trinajstić information content (AvgIpc) is 2.50. The van der Waals surface area contributed by atoms with E-state index in [1.807, 2.05) is 0 Å². The number of benzene rings is 1. The second-order valence-electron chi connectivity index (χ2n) is 5.70. The Morgan fingerprint density at radius 1 is 1.22 bits per heavy atom. The number of Topliss-reactive ketones (excluding diaryl/α,β-unsaturated/α-hetero) is 1. The molecule has 0 fully saturated rings. The van der Waals surface area contributed by atoms with Gasteiger partial charge in [0.1, 0.15) is 0 Å². The lowest BCUT2D eigenvalue weighted by Gasteiger charge is -2.37. The van der Waals surface area contributed by atoms with Crippen molar-refractivity contribution in [3.63, 3.8) is 0 Å². The van der Waals surface area contributed by atoms with Crippen LogP contribution in [0.1, 0.15) is 36.4 Å². The number of rotatable bonds is 1. The fourth-order valence-electron chi connectivity index (χ4n) is 3.08. The fourth-order valence-corrected chi connectivity index (χ4v) is 3.08. The van der Waals surface area contributed by atoms with Crippen LogP contribution in [0.3, 0.4) is 0 Å². The quantitative estimate of drug-likeness (QED) is 0.860. The molecule has 0 radical (unpaired) electrons. The molecule has 1 heterocycles. The van der Waals surface area contributed by atoms with Crippen molar-refractivity contribution in [2.45, 2.75) is 31.5 Å². The highest BCUT2D eigenvalue weighted by atomic mass is 19.4. The van der Waals surface area contributed by atoms with Crippen molar-refractivity contribution < 1.29 is 22.8 Å². The summed E-state index contributed by atoms with van der Waals surface area (Å²) in [5, 5.41) is 2.63. The molecule has 122 valence electrons. The maximum absolute atomic E-state index is 12.9. The first-order valence-corrected chi connectivity index (χ1v) is 7.26. The lowest BCUT2D eigenvalue weighted by Crippen LogP contribution is -2.47. The van der Waals surface area contributed by atoms with Crippen molar-refractivity contribution in [2.24, 2.45) is 0 Å². The fraction of sp³-hybridized carbons (Fsp3) is 0.375. The van der Waals surface area contributed by atoms with E-state index in [0.29, 0.717) is 30.5 Å². The molecule has 1 N–H and O–H groups in total. The Morgan fingerprint density at radius 2 is 1.96 bits per heavy atom. The van der Waals surface area contributed by atoms with Gasteiger partial charge in [-0.1, -0.05) is 12.1 Å². The number of urea groups is 1. The number of hydrogen-bond acceptors (Lipinski definition) is 2. The van der Waals surface area contributed by atoms with Gasteiger partial charge in [-0.2, -0.15) is 13.2 Å². The minimum Gasteiger partial charge on any atom is -0.327 e. The predicted octanol–water partition coefficient (Wildman–Crippen LogP) is 3.41. The van der Waals surface area contributed by atoms with Crippen molar-refractivity contribution in [3.05, 3.63) is 46.7 Å². The van der Waals surface area contributed by atoms with Gasteiger partial charge >= 0.3 is 12.2 Å². The van der Waals surface area contributed by atoms with Crippen LogP contribution in [0.25, 0.3) is 0 Å². The van der Waals surface area contributed by atoms with Crippen LogP contribution in [0.15, 0.2) is 35.5 Å². The summed E-state index contributed by atoms with van der Waals surface area (Å²) in [5.41, 5.74) is 0.475.